The van der Waals surface area contributed by atoms with Crippen LogP contribution in [0.3, 0.4) is 0 Å². The van der Waals surface area contributed by atoms with E-state index in [-0.39, 0.29) is 6.10 Å². The van der Waals surface area contributed by atoms with E-state index in [1.54, 1.807) is 0 Å². The van der Waals surface area contributed by atoms with E-state index in [1.165, 1.54) is 16.0 Å². The Morgan fingerprint density at radius 3 is 3.00 bits per heavy atom. The molecule has 0 spiro atoms. The molecule has 21 heavy (non-hydrogen) atoms. The van der Waals surface area contributed by atoms with Gasteiger partial charge in [-0.2, -0.15) is 0 Å². The minimum absolute atomic E-state index is 0.285. The number of rotatable bonds is 3. The third kappa shape index (κ3) is 2.45. The van der Waals surface area contributed by atoms with Gasteiger partial charge in [-0.25, -0.2) is 0 Å². The molecule has 2 aromatic carbocycles. The van der Waals surface area contributed by atoms with E-state index < -0.39 is 0 Å². The molecule has 4 rings (SSSR count). The molecule has 0 bridgehead atoms. The number of thioether (sulfide) groups is 1. The molecule has 2 nitrogen and oxygen atoms in total. The molecular formula is C18H18O2S. The van der Waals surface area contributed by atoms with Crippen LogP contribution < -0.4 is 4.74 Å². The largest absolute Gasteiger partial charge is 0.493 e. The minimum Gasteiger partial charge on any atom is -0.493 e. The lowest BCUT2D eigenvalue weighted by atomic mass is 10.0. The average Bonchev–Trinajstić information content (AvgIpc) is 3.09. The number of hydrogen-bond acceptors (Lipinski definition) is 3. The number of hydrogen-bond donors (Lipinski definition) is 1. The predicted molar refractivity (Wildman–Crippen MR) is 85.1 cm³/mol. The summed E-state index contributed by atoms with van der Waals surface area (Å²) in [6, 6.07) is 14.7. The molecule has 0 saturated heterocycles. The Bertz CT molecular complexity index is 668. The first kappa shape index (κ1) is 13.2. The predicted octanol–water partition coefficient (Wildman–Crippen LogP) is 3.93. The molecule has 3 heteroatoms. The fraction of sp³-hybridized carbons (Fsp3) is 0.333. The van der Waals surface area contributed by atoms with Crippen molar-refractivity contribution in [3.05, 3.63) is 59.2 Å². The Balaban J connectivity index is 1.46. The second-order valence-electron chi connectivity index (χ2n) is 5.77. The van der Waals surface area contributed by atoms with Crippen molar-refractivity contribution in [2.75, 3.05) is 12.4 Å². The summed E-state index contributed by atoms with van der Waals surface area (Å²) in [7, 11) is 0. The lowest BCUT2D eigenvalue weighted by Gasteiger charge is -2.13. The zero-order valence-corrected chi connectivity index (χ0v) is 12.6. The first-order valence-corrected chi connectivity index (χ1v) is 8.45. The maximum absolute atomic E-state index is 9.84. The SMILES string of the molecule is O[C@@H]1CCc2cc(OCC3CSc4ccccc43)ccc21. The van der Waals surface area contributed by atoms with E-state index in [1.807, 2.05) is 23.9 Å². The van der Waals surface area contributed by atoms with Crippen molar-refractivity contribution >= 4 is 11.8 Å². The number of benzene rings is 2. The molecule has 0 radical (unpaired) electrons. The van der Waals surface area contributed by atoms with Gasteiger partial charge in [0.25, 0.3) is 0 Å². The standard InChI is InChI=1S/C18H18O2S/c19-17-8-5-12-9-14(6-7-15(12)17)20-10-13-11-21-18-4-2-1-3-16(13)18/h1-4,6-7,9,13,17,19H,5,8,10-11H2/t13?,17-/m1/s1. The fourth-order valence-electron chi connectivity index (χ4n) is 3.23. The van der Waals surface area contributed by atoms with E-state index in [0.717, 1.165) is 36.5 Å². The summed E-state index contributed by atoms with van der Waals surface area (Å²) in [5.74, 6) is 2.51. The van der Waals surface area contributed by atoms with Gasteiger partial charge in [-0.15, -0.1) is 11.8 Å². The third-order valence-electron chi connectivity index (χ3n) is 4.41. The van der Waals surface area contributed by atoms with Gasteiger partial charge in [0.2, 0.25) is 0 Å². The Labute approximate surface area is 129 Å². The summed E-state index contributed by atoms with van der Waals surface area (Å²) in [6.45, 7) is 0.728. The number of aliphatic hydroxyl groups excluding tert-OH is 1. The molecule has 108 valence electrons. The van der Waals surface area contributed by atoms with Gasteiger partial charge in [0.05, 0.1) is 12.7 Å². The Kier molecular flexibility index (Phi) is 3.40. The van der Waals surface area contributed by atoms with Gasteiger partial charge < -0.3 is 9.84 Å². The van der Waals surface area contributed by atoms with Gasteiger partial charge in [-0.1, -0.05) is 24.3 Å². The molecular weight excluding hydrogens is 280 g/mol. The number of aliphatic hydroxyl groups is 1. The topological polar surface area (TPSA) is 29.5 Å². The van der Waals surface area contributed by atoms with Crippen molar-refractivity contribution in [1.82, 2.24) is 0 Å². The molecule has 1 N–H and O–H groups in total. The van der Waals surface area contributed by atoms with E-state index in [2.05, 4.69) is 30.3 Å². The van der Waals surface area contributed by atoms with Crippen molar-refractivity contribution in [2.24, 2.45) is 0 Å². The van der Waals surface area contributed by atoms with Crippen LogP contribution in [0.5, 0.6) is 5.75 Å². The van der Waals surface area contributed by atoms with E-state index in [9.17, 15) is 5.11 Å². The summed E-state index contributed by atoms with van der Waals surface area (Å²) in [6.07, 6.45) is 1.51. The summed E-state index contributed by atoms with van der Waals surface area (Å²) in [5.41, 5.74) is 3.73. The lowest BCUT2D eigenvalue weighted by Crippen LogP contribution is -2.09. The number of ether oxygens (including phenoxy) is 1. The van der Waals surface area contributed by atoms with Gasteiger partial charge in [-0.3, -0.25) is 0 Å². The van der Waals surface area contributed by atoms with Crippen LogP contribution in [-0.4, -0.2) is 17.5 Å². The van der Waals surface area contributed by atoms with Crippen LogP contribution in [0.4, 0.5) is 0 Å². The Hall–Kier alpha value is -1.45. The molecule has 1 unspecified atom stereocenters. The van der Waals surface area contributed by atoms with Crippen LogP contribution in [0.2, 0.25) is 0 Å². The van der Waals surface area contributed by atoms with Crippen molar-refractivity contribution in [3.63, 3.8) is 0 Å². The van der Waals surface area contributed by atoms with Crippen molar-refractivity contribution < 1.29 is 9.84 Å². The zero-order valence-electron chi connectivity index (χ0n) is 11.8. The summed E-state index contributed by atoms with van der Waals surface area (Å²) in [4.78, 5) is 1.39. The summed E-state index contributed by atoms with van der Waals surface area (Å²) >= 11 is 1.92. The second kappa shape index (κ2) is 5.39. The van der Waals surface area contributed by atoms with E-state index >= 15 is 0 Å². The van der Waals surface area contributed by atoms with Crippen LogP contribution in [0.15, 0.2) is 47.4 Å². The molecule has 1 aliphatic carbocycles. The summed E-state index contributed by atoms with van der Waals surface area (Å²) in [5, 5.41) is 9.84. The Morgan fingerprint density at radius 1 is 1.14 bits per heavy atom. The monoisotopic (exact) mass is 298 g/mol. The molecule has 0 saturated carbocycles. The molecule has 0 amide bonds. The zero-order chi connectivity index (χ0) is 14.2. The lowest BCUT2D eigenvalue weighted by molar-refractivity contribution is 0.180. The highest BCUT2D eigenvalue weighted by atomic mass is 32.2. The normalized spacial score (nSPS) is 22.9. The van der Waals surface area contributed by atoms with Crippen LogP contribution >= 0.6 is 11.8 Å². The highest BCUT2D eigenvalue weighted by Gasteiger charge is 2.24. The molecule has 2 aromatic rings. The molecule has 1 aliphatic heterocycles. The van der Waals surface area contributed by atoms with Crippen molar-refractivity contribution in [1.29, 1.82) is 0 Å². The van der Waals surface area contributed by atoms with Gasteiger partial charge in [0.15, 0.2) is 0 Å². The van der Waals surface area contributed by atoms with E-state index in [4.69, 9.17) is 4.74 Å². The molecule has 0 aromatic heterocycles. The van der Waals surface area contributed by atoms with Gasteiger partial charge in [0.1, 0.15) is 5.75 Å². The van der Waals surface area contributed by atoms with Crippen LogP contribution in [0, 0.1) is 0 Å². The summed E-state index contributed by atoms with van der Waals surface area (Å²) < 4.78 is 6.01. The van der Waals surface area contributed by atoms with Crippen LogP contribution in [0.25, 0.3) is 0 Å². The molecule has 2 aliphatic rings. The van der Waals surface area contributed by atoms with Crippen LogP contribution in [-0.2, 0) is 6.42 Å². The highest BCUT2D eigenvalue weighted by Crippen LogP contribution is 2.40. The molecule has 2 atom stereocenters. The van der Waals surface area contributed by atoms with Crippen molar-refractivity contribution in [3.8, 4) is 5.75 Å². The smallest absolute Gasteiger partial charge is 0.119 e. The maximum Gasteiger partial charge on any atom is 0.119 e. The molecule has 0 fully saturated rings. The molecule has 1 heterocycles. The maximum atomic E-state index is 9.84. The number of fused-ring (bicyclic) bond motifs is 2. The average molecular weight is 298 g/mol. The number of aryl methyl sites for hydroxylation is 1. The fourth-order valence-corrected chi connectivity index (χ4v) is 4.46. The van der Waals surface area contributed by atoms with Gasteiger partial charge in [-0.05, 0) is 47.7 Å². The quantitative estimate of drug-likeness (QED) is 0.931. The third-order valence-corrected chi connectivity index (χ3v) is 5.66. The first-order valence-electron chi connectivity index (χ1n) is 7.46. The first-order chi connectivity index (χ1) is 10.3. The second-order valence-corrected chi connectivity index (χ2v) is 6.83. The minimum atomic E-state index is -0.285. The van der Waals surface area contributed by atoms with E-state index in [0.29, 0.717) is 5.92 Å². The van der Waals surface area contributed by atoms with Crippen molar-refractivity contribution in [2.45, 2.75) is 29.8 Å². The van der Waals surface area contributed by atoms with Gasteiger partial charge >= 0.3 is 0 Å². The Morgan fingerprint density at radius 2 is 2.05 bits per heavy atom. The highest BCUT2D eigenvalue weighted by molar-refractivity contribution is 7.99. The van der Waals surface area contributed by atoms with Gasteiger partial charge in [0, 0.05) is 16.6 Å². The van der Waals surface area contributed by atoms with Crippen LogP contribution in [0.1, 0.15) is 35.1 Å².